The molecule has 1 aliphatic rings. The molecule has 0 N–H and O–H groups in total. The molecule has 6 heteroatoms. The second-order valence-electron chi connectivity index (χ2n) is 6.61. The third-order valence-electron chi connectivity index (χ3n) is 5.06. The Labute approximate surface area is 175 Å². The molecule has 1 rings (SSSR count). The molecule has 136 valence electrons. The fraction of sp³-hybridized carbons (Fsp3) is 0.750. The Bertz CT molecular complexity index is 399. The smallest absolute Gasteiger partial charge is 0.443 e. The molecule has 22 heavy (non-hydrogen) atoms. The van der Waals surface area contributed by atoms with Crippen LogP contribution in [-0.4, -0.2) is 65.3 Å². The zero-order valence-electron chi connectivity index (χ0n) is 15.1. The minimum absolute atomic E-state index is 0. The number of carbonyl (C=O) groups is 2. The monoisotopic (exact) mass is 471 g/mol. The van der Waals surface area contributed by atoms with Crippen molar-refractivity contribution in [3.8, 4) is 0 Å². The van der Waals surface area contributed by atoms with Gasteiger partial charge in [-0.3, -0.25) is 16.6 Å². The number of nitrogens with zero attached hydrogens (tertiary/aromatic N) is 3. The van der Waals surface area contributed by atoms with E-state index in [0.29, 0.717) is 0 Å². The third-order valence-corrected chi connectivity index (χ3v) is 5.06. The van der Waals surface area contributed by atoms with Crippen LogP contribution >= 0.6 is 0 Å². The molecule has 0 spiro atoms. The minimum Gasteiger partial charge on any atom is -0.443 e. The van der Waals surface area contributed by atoms with Crippen molar-refractivity contribution in [1.82, 2.24) is 14.7 Å². The molecule has 1 heterocycles. The summed E-state index contributed by atoms with van der Waals surface area (Å²) in [6.07, 6.45) is 0.169. The van der Waals surface area contributed by atoms with Crippen LogP contribution in [0.4, 0.5) is 0 Å². The molecule has 1 fully saturated rings. The van der Waals surface area contributed by atoms with Crippen molar-refractivity contribution in [3.05, 3.63) is 14.5 Å². The number of amides is 2. The van der Waals surface area contributed by atoms with Crippen LogP contribution in [0.15, 0.2) is 0 Å². The fourth-order valence-corrected chi connectivity index (χ4v) is 2.70. The zero-order chi connectivity index (χ0) is 15.8. The van der Waals surface area contributed by atoms with Crippen LogP contribution in [0.2, 0.25) is 0 Å². The molecule has 0 radical (unpaired) electrons. The first-order valence-corrected chi connectivity index (χ1v) is 7.08. The molecule has 1 aliphatic heterocycles. The Kier molecular flexibility index (Phi) is 10.1. The van der Waals surface area contributed by atoms with Gasteiger partial charge in [-0.2, -0.15) is 0 Å². The summed E-state index contributed by atoms with van der Waals surface area (Å²) in [7, 11) is 9.31. The number of carbonyl (C=O) groups excluding carboxylic acids is 2. The molecule has 0 aromatic heterocycles. The van der Waals surface area contributed by atoms with Crippen molar-refractivity contribution in [2.45, 2.75) is 51.7 Å². The topological polar surface area (TPSA) is 43.9 Å². The summed E-state index contributed by atoms with van der Waals surface area (Å²) >= 11 is 0. The van der Waals surface area contributed by atoms with Crippen molar-refractivity contribution in [1.29, 1.82) is 0 Å². The Morgan fingerprint density at radius 2 is 1.77 bits per heavy atom. The van der Waals surface area contributed by atoms with E-state index in [1.54, 1.807) is 19.0 Å². The van der Waals surface area contributed by atoms with Gasteiger partial charge in [0.2, 0.25) is 11.8 Å². The van der Waals surface area contributed by atoms with Crippen molar-refractivity contribution in [2.24, 2.45) is 5.92 Å². The third kappa shape index (κ3) is 4.71. The summed E-state index contributed by atoms with van der Waals surface area (Å²) < 4.78 is 0. The molecule has 0 saturated carbocycles. The Hall–Kier alpha value is 0.419. The van der Waals surface area contributed by atoms with Gasteiger partial charge < -0.3 is 22.1 Å². The van der Waals surface area contributed by atoms with Crippen LogP contribution in [0.1, 0.15) is 34.1 Å². The Morgan fingerprint density at radius 3 is 2.18 bits per heavy atom. The molecule has 3 atom stereocenters. The molecular weight excluding hydrogens is 439 g/mol. The predicted molar refractivity (Wildman–Crippen MR) is 86.2 cm³/mol. The van der Waals surface area contributed by atoms with E-state index in [-0.39, 0.29) is 90.1 Å². The van der Waals surface area contributed by atoms with Gasteiger partial charge in [0.25, 0.3) is 0 Å². The standard InChI is InChI=1S/C15H28N3O2.CH3.Yb/c1-10-11(2)17(7)14(20)12(9-13(19)16(5)6)18(8)15(10,3)4;;/h10-12H,8-9H2,1-7H3;1H3;/q2*-1;+2. The number of hydrogen-bond donors (Lipinski definition) is 0. The predicted octanol–water partition coefficient (Wildman–Crippen LogP) is 1.65. The summed E-state index contributed by atoms with van der Waals surface area (Å²) in [6, 6.07) is -0.390. The van der Waals surface area contributed by atoms with E-state index < -0.39 is 6.04 Å². The molecule has 1 saturated heterocycles. The van der Waals surface area contributed by atoms with Gasteiger partial charge in [-0.1, -0.05) is 6.92 Å². The normalized spacial score (nSPS) is 28.3. The molecule has 0 aliphatic carbocycles. The maximum absolute atomic E-state index is 12.6. The van der Waals surface area contributed by atoms with Gasteiger partial charge in [0, 0.05) is 33.6 Å². The van der Waals surface area contributed by atoms with Crippen molar-refractivity contribution >= 4 is 11.8 Å². The number of likely N-dealkylation sites (N-methyl/N-ethyl adjacent to an activating group) is 1. The quantitative estimate of drug-likeness (QED) is 0.577. The largest absolute Gasteiger partial charge is 2.00 e. The van der Waals surface area contributed by atoms with E-state index in [4.69, 9.17) is 0 Å². The van der Waals surface area contributed by atoms with E-state index in [1.807, 2.05) is 18.9 Å². The zero-order valence-corrected chi connectivity index (χ0v) is 16.8. The number of hydrogen-bond acceptors (Lipinski definition) is 3. The molecule has 5 nitrogen and oxygen atoms in total. The summed E-state index contributed by atoms with van der Waals surface area (Å²) in [5, 5.41) is 0. The van der Waals surface area contributed by atoms with Crippen LogP contribution in [-0.2, 0) is 9.59 Å². The summed E-state index contributed by atoms with van der Waals surface area (Å²) in [6.45, 7) is 8.35. The average Bonchev–Trinajstić information content (AvgIpc) is 2.42. The second kappa shape index (κ2) is 9.05. The summed E-state index contributed by atoms with van der Waals surface area (Å²) in [4.78, 5) is 29.7. The average molecular weight is 470 g/mol. The first-order chi connectivity index (χ1) is 9.01. The summed E-state index contributed by atoms with van der Waals surface area (Å²) in [5.41, 5.74) is -0.253. The van der Waals surface area contributed by atoms with E-state index in [1.165, 1.54) is 4.90 Å². The van der Waals surface area contributed by atoms with Crippen LogP contribution in [0.25, 0.3) is 0 Å². The molecular formula is C16H31N3O2Yb. The van der Waals surface area contributed by atoms with Gasteiger partial charge in [-0.05, 0) is 32.2 Å². The fourth-order valence-electron chi connectivity index (χ4n) is 2.70. The van der Waals surface area contributed by atoms with E-state index >= 15 is 0 Å². The van der Waals surface area contributed by atoms with Gasteiger partial charge in [0.1, 0.15) is 0 Å². The van der Waals surface area contributed by atoms with Gasteiger partial charge >= 0.3 is 46.9 Å². The van der Waals surface area contributed by atoms with Gasteiger partial charge in [0.15, 0.2) is 0 Å². The second-order valence-corrected chi connectivity index (χ2v) is 6.61. The minimum atomic E-state index is -0.503. The van der Waals surface area contributed by atoms with Gasteiger partial charge in [0.05, 0.1) is 6.04 Å². The molecule has 2 amide bonds. The van der Waals surface area contributed by atoms with Crippen LogP contribution in [0.5, 0.6) is 0 Å². The Morgan fingerprint density at radius 1 is 1.32 bits per heavy atom. The van der Waals surface area contributed by atoms with Gasteiger partial charge in [-0.25, -0.2) is 0 Å². The molecule has 0 bridgehead atoms. The number of rotatable bonds is 2. The van der Waals surface area contributed by atoms with Crippen molar-refractivity contribution in [2.75, 3.05) is 21.1 Å². The maximum atomic E-state index is 12.6. The summed E-state index contributed by atoms with van der Waals surface area (Å²) in [5.74, 6) is 0.178. The molecule has 3 unspecified atom stereocenters. The Balaban J connectivity index is 0. The van der Waals surface area contributed by atoms with E-state index in [2.05, 4.69) is 27.8 Å². The SMILES string of the molecule is [CH2-]N1C(CC(=O)N(C)C)C(=O)N(C)C(C)C(C)C1(C)C.[CH3-].[Yb+2]. The van der Waals surface area contributed by atoms with Crippen molar-refractivity contribution < 1.29 is 56.5 Å². The van der Waals surface area contributed by atoms with Crippen LogP contribution in [0, 0.1) is 67.3 Å². The molecule has 0 aromatic carbocycles. The van der Waals surface area contributed by atoms with Crippen molar-refractivity contribution in [3.63, 3.8) is 0 Å². The van der Waals surface area contributed by atoms with Crippen LogP contribution < -0.4 is 0 Å². The first kappa shape index (κ1) is 24.7. The van der Waals surface area contributed by atoms with E-state index in [0.717, 1.165) is 0 Å². The first-order valence-electron chi connectivity index (χ1n) is 7.08. The molecule has 0 aromatic rings. The van der Waals surface area contributed by atoms with Gasteiger partial charge in [-0.15, -0.1) is 0 Å². The van der Waals surface area contributed by atoms with E-state index in [9.17, 15) is 9.59 Å². The van der Waals surface area contributed by atoms with Crippen LogP contribution in [0.3, 0.4) is 0 Å². The maximum Gasteiger partial charge on any atom is 2.00 e.